The van der Waals surface area contributed by atoms with Crippen LogP contribution in [0.5, 0.6) is 0 Å². The Morgan fingerprint density at radius 2 is 1.29 bits per heavy atom. The van der Waals surface area contributed by atoms with E-state index in [0.29, 0.717) is 6.42 Å². The monoisotopic (exact) mass is 632 g/mol. The van der Waals surface area contributed by atoms with E-state index in [4.69, 9.17) is 11.7 Å². The van der Waals surface area contributed by atoms with Gasteiger partial charge in [-0.3, -0.25) is 22.1 Å². The van der Waals surface area contributed by atoms with Gasteiger partial charge >= 0.3 is 20.1 Å². The van der Waals surface area contributed by atoms with Crippen molar-refractivity contribution in [3.8, 4) is 22.5 Å². The smallest absolute Gasteiger partial charge is 0.600 e. The van der Waals surface area contributed by atoms with Crippen LogP contribution in [0.1, 0.15) is 6.42 Å². The molecule has 0 saturated heterocycles. The molecule has 5 aromatic rings. The van der Waals surface area contributed by atoms with Crippen LogP contribution in [-0.2, 0) is 20.1 Å². The minimum atomic E-state index is 0. The summed E-state index contributed by atoms with van der Waals surface area (Å²) >= 11 is 0. The Hall–Kier alpha value is -3.85. The third-order valence-corrected chi connectivity index (χ3v) is 5.15. The van der Waals surface area contributed by atoms with Crippen molar-refractivity contribution in [3.63, 3.8) is 0 Å². The zero-order valence-corrected chi connectivity index (χ0v) is 21.3. The van der Waals surface area contributed by atoms with Gasteiger partial charge in [-0.15, -0.1) is 24.3 Å². The fraction of sp³-hybridized carbons (Fsp3) is 0.0323. The molecular weight excluding hydrogens is 609 g/mol. The first-order valence-corrected chi connectivity index (χ1v) is 10.9. The Labute approximate surface area is 219 Å². The summed E-state index contributed by atoms with van der Waals surface area (Å²) in [7, 11) is 0. The van der Waals surface area contributed by atoms with Gasteiger partial charge in [-0.1, -0.05) is 84.5 Å². The summed E-state index contributed by atoms with van der Waals surface area (Å²) in [6, 6.07) is 30.3. The van der Waals surface area contributed by atoms with E-state index in [2.05, 4.69) is 58.5 Å². The minimum Gasteiger partial charge on any atom is -0.600 e. The maximum atomic E-state index is 8.06. The molecule has 3 aromatic carbocycles. The molecule has 5 rings (SSSR count). The Bertz CT molecular complexity index is 1380. The number of aliphatic hydroxyl groups excluding tert-OH is 1. The predicted octanol–water partition coefficient (Wildman–Crippen LogP) is 7.71. The van der Waals surface area contributed by atoms with Gasteiger partial charge in [0.2, 0.25) is 0 Å². The van der Waals surface area contributed by atoms with E-state index in [1.165, 1.54) is 22.9 Å². The number of fused-ring (bicyclic) bond motifs is 2. The molecule has 0 fully saturated rings. The molecule has 0 aliphatic heterocycles. The molecule has 0 atom stereocenters. The van der Waals surface area contributed by atoms with E-state index >= 15 is 0 Å². The molecule has 0 radical (unpaired) electrons. The molecule has 0 aliphatic carbocycles. The SMILES string of the molecule is [CH-]=CCC=[C-]C=CO.[Ir+3].[c-]1c(-c2cc3ccccc3cn2)cccc1-c1cc2ccccc2cn1. The molecule has 1 N–H and O–H groups in total. The van der Waals surface area contributed by atoms with Gasteiger partial charge in [0.05, 0.1) is 0 Å². The van der Waals surface area contributed by atoms with Gasteiger partial charge in [0.1, 0.15) is 0 Å². The van der Waals surface area contributed by atoms with Crippen molar-refractivity contribution in [2.75, 3.05) is 0 Å². The van der Waals surface area contributed by atoms with Crippen molar-refractivity contribution in [2.45, 2.75) is 6.42 Å². The van der Waals surface area contributed by atoms with Crippen LogP contribution >= 0.6 is 0 Å². The number of rotatable bonds is 5. The van der Waals surface area contributed by atoms with Gasteiger partial charge in [-0.25, -0.2) is 6.08 Å². The molecular formula is C31H23IrN2O. The topological polar surface area (TPSA) is 46.0 Å². The summed E-state index contributed by atoms with van der Waals surface area (Å²) in [6.07, 6.45) is 12.7. The first-order valence-electron chi connectivity index (χ1n) is 10.9. The second-order valence-corrected chi connectivity index (χ2v) is 7.47. The van der Waals surface area contributed by atoms with Crippen LogP contribution < -0.4 is 0 Å². The van der Waals surface area contributed by atoms with Gasteiger partial charge in [0, 0.05) is 23.8 Å². The Morgan fingerprint density at radius 3 is 1.77 bits per heavy atom. The third-order valence-electron chi connectivity index (χ3n) is 5.15. The maximum Gasteiger partial charge on any atom is 3.00 e. The van der Waals surface area contributed by atoms with Crippen molar-refractivity contribution in [1.82, 2.24) is 9.97 Å². The number of hydrogen-bond acceptors (Lipinski definition) is 3. The number of benzene rings is 3. The van der Waals surface area contributed by atoms with E-state index in [1.54, 1.807) is 6.08 Å². The molecule has 35 heavy (non-hydrogen) atoms. The van der Waals surface area contributed by atoms with Crippen LogP contribution in [-0.4, -0.2) is 15.1 Å². The van der Waals surface area contributed by atoms with Gasteiger partial charge < -0.3 is 11.7 Å². The molecule has 0 aliphatic rings. The average molecular weight is 632 g/mol. The van der Waals surface area contributed by atoms with Crippen molar-refractivity contribution in [1.29, 1.82) is 0 Å². The summed E-state index contributed by atoms with van der Waals surface area (Å²) in [5.74, 6) is 0. The fourth-order valence-electron chi connectivity index (χ4n) is 3.48. The number of pyridine rings is 2. The van der Waals surface area contributed by atoms with Crippen molar-refractivity contribution in [3.05, 3.63) is 134 Å². The van der Waals surface area contributed by atoms with Crippen LogP contribution in [0.15, 0.2) is 116 Å². The second-order valence-electron chi connectivity index (χ2n) is 7.47. The molecule has 172 valence electrons. The molecule has 4 heteroatoms. The van der Waals surface area contributed by atoms with E-state index < -0.39 is 0 Å². The zero-order chi connectivity index (χ0) is 23.6. The Kier molecular flexibility index (Phi) is 9.68. The van der Waals surface area contributed by atoms with Crippen LogP contribution in [0.4, 0.5) is 0 Å². The number of allylic oxidation sites excluding steroid dienone is 4. The molecule has 0 unspecified atom stereocenters. The van der Waals surface area contributed by atoms with Crippen LogP contribution in [0, 0.1) is 18.7 Å². The van der Waals surface area contributed by atoms with Gasteiger partial charge in [0.15, 0.2) is 0 Å². The average Bonchev–Trinajstić information content (AvgIpc) is 2.91. The van der Waals surface area contributed by atoms with Crippen LogP contribution in [0.2, 0.25) is 0 Å². The van der Waals surface area contributed by atoms with Gasteiger partial charge in [-0.2, -0.15) is 6.08 Å². The van der Waals surface area contributed by atoms with E-state index in [9.17, 15) is 0 Å². The van der Waals surface area contributed by atoms with Crippen LogP contribution in [0.25, 0.3) is 44.1 Å². The van der Waals surface area contributed by atoms with Gasteiger partial charge in [-0.05, 0) is 21.5 Å². The van der Waals surface area contributed by atoms with Crippen molar-refractivity contribution >= 4 is 21.5 Å². The number of aliphatic hydroxyl groups is 1. The Morgan fingerprint density at radius 1 is 0.771 bits per heavy atom. The normalized spacial score (nSPS) is 10.7. The van der Waals surface area contributed by atoms with Crippen molar-refractivity contribution in [2.24, 2.45) is 0 Å². The summed E-state index contributed by atoms with van der Waals surface area (Å²) in [6.45, 7) is 5.03. The van der Waals surface area contributed by atoms with E-state index in [-0.39, 0.29) is 20.1 Å². The first kappa shape index (κ1) is 25.8. The van der Waals surface area contributed by atoms with E-state index in [0.717, 1.165) is 39.5 Å². The standard InChI is InChI=1S/C24H15N2.C7H8O.Ir/c1-3-8-21-15-25-23(13-17(21)6-1)19-10-5-11-20(12-19)24-14-18-7-2-4-9-22(18)16-26-24;1-2-3-4-5-6-7-8;/h1-11,13-16H;1-2,4,6-8H,3H2;/q-1;-2;+3. The zero-order valence-electron chi connectivity index (χ0n) is 18.9. The molecule has 3 nitrogen and oxygen atoms in total. The van der Waals surface area contributed by atoms with Crippen molar-refractivity contribution < 1.29 is 25.2 Å². The summed E-state index contributed by atoms with van der Waals surface area (Å²) in [5, 5.41) is 12.7. The van der Waals surface area contributed by atoms with E-state index in [1.807, 2.05) is 54.9 Å². The second kappa shape index (κ2) is 13.1. The fourth-order valence-corrected chi connectivity index (χ4v) is 3.48. The predicted molar refractivity (Wildman–Crippen MR) is 140 cm³/mol. The molecule has 2 aromatic heterocycles. The third kappa shape index (κ3) is 6.83. The molecule has 0 spiro atoms. The molecule has 0 amide bonds. The quantitative estimate of drug-likeness (QED) is 0.123. The summed E-state index contributed by atoms with van der Waals surface area (Å²) < 4.78 is 0. The maximum absolute atomic E-state index is 8.06. The number of nitrogens with zero attached hydrogens (tertiary/aromatic N) is 2. The molecule has 2 heterocycles. The summed E-state index contributed by atoms with van der Waals surface area (Å²) in [4.78, 5) is 9.22. The summed E-state index contributed by atoms with van der Waals surface area (Å²) in [5.41, 5.74) is 3.80. The molecule has 0 saturated carbocycles. The number of hydrogen-bond donors (Lipinski definition) is 1. The largest absolute Gasteiger partial charge is 3.00 e. The Balaban J connectivity index is 0.000000332. The van der Waals surface area contributed by atoms with Crippen LogP contribution in [0.3, 0.4) is 0 Å². The minimum absolute atomic E-state index is 0. The molecule has 0 bridgehead atoms. The number of aromatic nitrogens is 2. The first-order chi connectivity index (χ1) is 16.8. The van der Waals surface area contributed by atoms with Gasteiger partial charge in [0.25, 0.3) is 0 Å².